The summed E-state index contributed by atoms with van der Waals surface area (Å²) in [7, 11) is 1.21. The largest absolute Gasteiger partial charge is 0.453 e. The van der Waals surface area contributed by atoms with Crippen LogP contribution in [0, 0.1) is 0 Å². The maximum absolute atomic E-state index is 12.1. The van der Waals surface area contributed by atoms with Crippen LogP contribution in [0.1, 0.15) is 6.42 Å². The van der Waals surface area contributed by atoms with Gasteiger partial charge in [-0.05, 0) is 0 Å². The van der Waals surface area contributed by atoms with Crippen molar-refractivity contribution in [2.24, 2.45) is 15.4 Å². The number of halogens is 5. The molecule has 0 saturated carbocycles. The second-order valence-electron chi connectivity index (χ2n) is 1.99. The molecule has 0 aliphatic carbocycles. The summed E-state index contributed by atoms with van der Waals surface area (Å²) in [6.07, 6.45) is -6.72. The Morgan fingerprint density at radius 3 is 2.08 bits per heavy atom. The van der Waals surface area contributed by atoms with Crippen molar-refractivity contribution in [2.45, 2.75) is 18.5 Å². The number of hydrogen-bond acceptors (Lipinski definition) is 2. The molecule has 0 unspecified atom stereocenters. The molecular weight excluding hydrogens is 197 g/mol. The van der Waals surface area contributed by atoms with Gasteiger partial charge < -0.3 is 0 Å². The average molecular weight is 203 g/mol. The maximum Gasteiger partial charge on any atom is 0.453 e. The molecule has 0 aromatic heterocycles. The Hall–Kier alpha value is -1.08. The highest BCUT2D eigenvalue weighted by Gasteiger charge is 2.56. The molecule has 0 amide bonds. The topological polar surface area (TPSA) is 37.1 Å². The van der Waals surface area contributed by atoms with Crippen molar-refractivity contribution in [2.75, 3.05) is 7.05 Å². The van der Waals surface area contributed by atoms with Crippen LogP contribution < -0.4 is 0 Å². The van der Waals surface area contributed by atoms with Crippen molar-refractivity contribution in [3.63, 3.8) is 0 Å². The van der Waals surface area contributed by atoms with Crippen LogP contribution >= 0.6 is 0 Å². The molecule has 0 saturated heterocycles. The summed E-state index contributed by atoms with van der Waals surface area (Å²) in [6, 6.07) is 0. The van der Waals surface area contributed by atoms with Crippen LogP contribution in [0.3, 0.4) is 0 Å². The van der Waals surface area contributed by atoms with Gasteiger partial charge in [0.15, 0.2) is 0 Å². The van der Waals surface area contributed by atoms with Crippen LogP contribution in [0.2, 0.25) is 0 Å². The maximum atomic E-state index is 12.1. The van der Waals surface area contributed by atoms with Gasteiger partial charge in [-0.25, -0.2) is 0 Å². The number of alkyl halides is 5. The smallest absolute Gasteiger partial charge is 0.196 e. The molecule has 0 aliphatic heterocycles. The van der Waals surface area contributed by atoms with Crippen LogP contribution in [0.5, 0.6) is 0 Å². The Morgan fingerprint density at radius 1 is 1.15 bits per heavy atom. The van der Waals surface area contributed by atoms with E-state index in [1.807, 2.05) is 0 Å². The summed E-state index contributed by atoms with van der Waals surface area (Å²) in [4.78, 5) is 0. The fraction of sp³-hybridized carbons (Fsp3) is 0.800. The number of nitrogens with zero attached hydrogens (tertiary/aromatic N) is 3. The number of rotatable bonds is 3. The molecule has 0 rings (SSSR count). The van der Waals surface area contributed by atoms with Crippen molar-refractivity contribution in [3.8, 4) is 0 Å². The summed E-state index contributed by atoms with van der Waals surface area (Å²) in [6.45, 7) is 0. The Morgan fingerprint density at radius 2 is 1.69 bits per heavy atom. The highest BCUT2D eigenvalue weighted by Crippen LogP contribution is 2.37. The second kappa shape index (κ2) is 4.24. The first-order valence-corrected chi connectivity index (χ1v) is 3.06. The molecule has 76 valence electrons. The predicted molar refractivity (Wildman–Crippen MR) is 34.9 cm³/mol. The van der Waals surface area contributed by atoms with Crippen LogP contribution in [-0.4, -0.2) is 25.4 Å². The van der Waals surface area contributed by atoms with Gasteiger partial charge in [-0.2, -0.15) is 27.1 Å². The zero-order valence-electron chi connectivity index (χ0n) is 6.52. The zero-order valence-corrected chi connectivity index (χ0v) is 6.52. The quantitative estimate of drug-likeness (QED) is 0.292. The van der Waals surface area contributed by atoms with Crippen LogP contribution in [0.4, 0.5) is 22.0 Å². The standard InChI is InChI=1S/C5H6F5N3/c1-11-13-12-3-2-4(6,7)5(8,9)10/h3H,2H2,1H3. The third kappa shape index (κ3) is 3.90. The van der Waals surface area contributed by atoms with Gasteiger partial charge in [0.05, 0.1) is 13.5 Å². The highest BCUT2D eigenvalue weighted by molar-refractivity contribution is 5.58. The first-order chi connectivity index (χ1) is 5.81. The minimum Gasteiger partial charge on any atom is -0.196 e. The van der Waals surface area contributed by atoms with E-state index in [2.05, 4.69) is 15.4 Å². The van der Waals surface area contributed by atoms with E-state index in [1.165, 1.54) is 7.05 Å². The minimum absolute atomic E-state index is 0.362. The van der Waals surface area contributed by atoms with E-state index in [0.717, 1.165) is 0 Å². The lowest BCUT2D eigenvalue weighted by Crippen LogP contribution is -2.36. The van der Waals surface area contributed by atoms with Gasteiger partial charge in [-0.1, -0.05) is 5.22 Å². The normalized spacial score (nSPS) is 14.6. The van der Waals surface area contributed by atoms with Gasteiger partial charge in [0.25, 0.3) is 0 Å². The first-order valence-electron chi connectivity index (χ1n) is 3.06. The Bertz CT molecular complexity index is 207. The van der Waals surface area contributed by atoms with E-state index in [0.29, 0.717) is 6.21 Å². The van der Waals surface area contributed by atoms with Gasteiger partial charge >= 0.3 is 12.1 Å². The van der Waals surface area contributed by atoms with Gasteiger partial charge in [-0.15, -0.1) is 5.10 Å². The molecule has 0 aromatic rings. The van der Waals surface area contributed by atoms with E-state index in [9.17, 15) is 22.0 Å². The minimum atomic E-state index is -5.55. The highest BCUT2D eigenvalue weighted by atomic mass is 19.4. The van der Waals surface area contributed by atoms with Crippen molar-refractivity contribution in [1.29, 1.82) is 0 Å². The van der Waals surface area contributed by atoms with Gasteiger partial charge in [0.1, 0.15) is 0 Å². The number of hydrogen-bond donors (Lipinski definition) is 0. The molecule has 0 N–H and O–H groups in total. The van der Waals surface area contributed by atoms with E-state index in [1.54, 1.807) is 0 Å². The van der Waals surface area contributed by atoms with Gasteiger partial charge in [-0.3, -0.25) is 0 Å². The lowest BCUT2D eigenvalue weighted by atomic mass is 10.2. The molecule has 3 nitrogen and oxygen atoms in total. The van der Waals surface area contributed by atoms with Crippen LogP contribution in [-0.2, 0) is 0 Å². The molecular formula is C5H6F5N3. The molecule has 8 heteroatoms. The van der Waals surface area contributed by atoms with Crippen molar-refractivity contribution in [1.82, 2.24) is 0 Å². The molecule has 0 heterocycles. The van der Waals surface area contributed by atoms with Crippen LogP contribution in [0.25, 0.3) is 0 Å². The lowest BCUT2D eigenvalue weighted by Gasteiger charge is -2.16. The van der Waals surface area contributed by atoms with Crippen molar-refractivity contribution < 1.29 is 22.0 Å². The predicted octanol–water partition coefficient (Wildman–Crippen LogP) is 2.64. The SMILES string of the molecule is CN=NN=CCC(F)(F)C(F)(F)F. The van der Waals surface area contributed by atoms with Crippen molar-refractivity contribution >= 4 is 6.21 Å². The molecule has 0 spiro atoms. The molecule has 0 aromatic carbocycles. The zero-order chi connectivity index (χ0) is 10.5. The van der Waals surface area contributed by atoms with Crippen LogP contribution in [0.15, 0.2) is 15.4 Å². The third-order valence-electron chi connectivity index (χ3n) is 0.985. The first kappa shape index (κ1) is 11.9. The summed E-state index contributed by atoms with van der Waals surface area (Å²) in [5, 5.41) is 8.71. The molecule has 0 atom stereocenters. The molecule has 0 fully saturated rings. The Labute approximate surface area is 70.3 Å². The Balaban J connectivity index is 4.19. The summed E-state index contributed by atoms with van der Waals surface area (Å²) in [5.74, 6) is -4.76. The average Bonchev–Trinajstić information content (AvgIpc) is 1.96. The van der Waals surface area contributed by atoms with E-state index in [4.69, 9.17) is 0 Å². The summed E-state index contributed by atoms with van der Waals surface area (Å²) < 4.78 is 58.6. The van der Waals surface area contributed by atoms with E-state index in [-0.39, 0.29) is 0 Å². The van der Waals surface area contributed by atoms with Gasteiger partial charge in [0, 0.05) is 6.21 Å². The second-order valence-corrected chi connectivity index (χ2v) is 1.99. The molecule has 0 bridgehead atoms. The lowest BCUT2D eigenvalue weighted by molar-refractivity contribution is -0.278. The molecule has 0 radical (unpaired) electrons. The fourth-order valence-electron chi connectivity index (χ4n) is 0.359. The molecule has 0 aliphatic rings. The van der Waals surface area contributed by atoms with Crippen molar-refractivity contribution in [3.05, 3.63) is 0 Å². The van der Waals surface area contributed by atoms with E-state index < -0.39 is 18.5 Å². The molecule has 13 heavy (non-hydrogen) atoms. The fourth-order valence-corrected chi connectivity index (χ4v) is 0.359. The van der Waals surface area contributed by atoms with Gasteiger partial charge in [0.2, 0.25) is 0 Å². The Kier molecular flexibility index (Phi) is 3.89. The monoisotopic (exact) mass is 203 g/mol. The van der Waals surface area contributed by atoms with E-state index >= 15 is 0 Å². The summed E-state index contributed by atoms with van der Waals surface area (Å²) in [5.41, 5.74) is 0. The summed E-state index contributed by atoms with van der Waals surface area (Å²) >= 11 is 0. The third-order valence-corrected chi connectivity index (χ3v) is 0.985.